The van der Waals surface area contributed by atoms with Gasteiger partial charge in [0.2, 0.25) is 5.95 Å². The molecule has 2 aromatic rings. The third-order valence-corrected chi connectivity index (χ3v) is 5.13. The first-order chi connectivity index (χ1) is 14.8. The number of aromatic nitrogens is 2. The summed E-state index contributed by atoms with van der Waals surface area (Å²) in [5, 5.41) is 23.4. The molecule has 8 heteroatoms. The second-order valence-corrected chi connectivity index (χ2v) is 8.11. The Bertz CT molecular complexity index is 823. The molecule has 0 radical (unpaired) electrons. The fourth-order valence-corrected chi connectivity index (χ4v) is 3.48. The fraction of sp³-hybridized carbons (Fsp3) is 0.565. The molecule has 0 aliphatic carbocycles. The number of nitrogens with one attached hydrogen (secondary N) is 1. The number of benzene rings is 1. The maximum atomic E-state index is 10.6. The SMILES string of the molecule is CCCC(CCO)Nc1nc(N)nc(C)c1Cc1ccc(OCCCN(C)C)cc1O. The molecule has 1 heterocycles. The molecule has 0 aliphatic heterocycles. The highest BCUT2D eigenvalue weighted by Gasteiger charge is 2.17. The van der Waals surface area contributed by atoms with Gasteiger partial charge < -0.3 is 30.9 Å². The van der Waals surface area contributed by atoms with Crippen LogP contribution >= 0.6 is 0 Å². The normalized spacial score (nSPS) is 12.2. The van der Waals surface area contributed by atoms with Gasteiger partial charge in [0.25, 0.3) is 0 Å². The maximum Gasteiger partial charge on any atom is 0.222 e. The predicted octanol–water partition coefficient (Wildman–Crippen LogP) is 2.96. The zero-order valence-electron chi connectivity index (χ0n) is 19.2. The van der Waals surface area contributed by atoms with Gasteiger partial charge in [0.15, 0.2) is 0 Å². The lowest BCUT2D eigenvalue weighted by molar-refractivity contribution is 0.276. The molecule has 0 saturated carbocycles. The van der Waals surface area contributed by atoms with E-state index in [0.29, 0.717) is 31.0 Å². The molecule has 0 fully saturated rings. The van der Waals surface area contributed by atoms with Crippen LogP contribution in [0.1, 0.15) is 49.4 Å². The van der Waals surface area contributed by atoms with Crippen LogP contribution in [0.2, 0.25) is 0 Å². The van der Waals surface area contributed by atoms with Crippen LogP contribution < -0.4 is 15.8 Å². The van der Waals surface area contributed by atoms with E-state index in [2.05, 4.69) is 27.1 Å². The Labute approximate surface area is 185 Å². The predicted molar refractivity (Wildman–Crippen MR) is 125 cm³/mol. The molecule has 172 valence electrons. The number of aromatic hydroxyl groups is 1. The number of nitrogens with zero attached hydrogens (tertiary/aromatic N) is 3. The van der Waals surface area contributed by atoms with E-state index in [1.54, 1.807) is 6.07 Å². The first kappa shape index (κ1) is 24.7. The molecule has 2 rings (SSSR count). The van der Waals surface area contributed by atoms with Gasteiger partial charge in [-0.1, -0.05) is 19.4 Å². The van der Waals surface area contributed by atoms with Crippen molar-refractivity contribution in [3.8, 4) is 11.5 Å². The van der Waals surface area contributed by atoms with Crippen LogP contribution in [-0.4, -0.2) is 65.0 Å². The molecule has 0 saturated heterocycles. The smallest absolute Gasteiger partial charge is 0.222 e. The fourth-order valence-electron chi connectivity index (χ4n) is 3.48. The minimum Gasteiger partial charge on any atom is -0.508 e. The number of phenolic OH excluding ortho intramolecular Hbond substituents is 1. The van der Waals surface area contributed by atoms with Gasteiger partial charge >= 0.3 is 0 Å². The molecule has 0 spiro atoms. The van der Waals surface area contributed by atoms with Gasteiger partial charge in [0, 0.05) is 42.9 Å². The van der Waals surface area contributed by atoms with E-state index in [1.807, 2.05) is 33.2 Å². The quantitative estimate of drug-likeness (QED) is 0.358. The van der Waals surface area contributed by atoms with Gasteiger partial charge in [-0.05, 0) is 51.9 Å². The van der Waals surface area contributed by atoms with Crippen molar-refractivity contribution < 1.29 is 14.9 Å². The average molecular weight is 432 g/mol. The molecule has 0 aliphatic rings. The summed E-state index contributed by atoms with van der Waals surface area (Å²) >= 11 is 0. The Morgan fingerprint density at radius 3 is 2.65 bits per heavy atom. The van der Waals surface area contributed by atoms with Crippen molar-refractivity contribution >= 4 is 11.8 Å². The number of nitrogens with two attached hydrogens (primary N) is 1. The van der Waals surface area contributed by atoms with Gasteiger partial charge in [0.1, 0.15) is 17.3 Å². The van der Waals surface area contributed by atoms with Crippen LogP contribution in [0.4, 0.5) is 11.8 Å². The summed E-state index contributed by atoms with van der Waals surface area (Å²) in [6.07, 6.45) is 3.90. The summed E-state index contributed by atoms with van der Waals surface area (Å²) in [6, 6.07) is 5.48. The number of hydrogen-bond acceptors (Lipinski definition) is 8. The highest BCUT2D eigenvalue weighted by molar-refractivity contribution is 5.54. The van der Waals surface area contributed by atoms with E-state index < -0.39 is 0 Å². The van der Waals surface area contributed by atoms with Crippen LogP contribution in [0.5, 0.6) is 11.5 Å². The number of aryl methyl sites for hydroxylation is 1. The molecule has 0 amide bonds. The van der Waals surface area contributed by atoms with Gasteiger partial charge in [-0.25, -0.2) is 4.98 Å². The van der Waals surface area contributed by atoms with Gasteiger partial charge in [-0.15, -0.1) is 0 Å². The monoisotopic (exact) mass is 431 g/mol. The average Bonchev–Trinajstić information content (AvgIpc) is 2.69. The highest BCUT2D eigenvalue weighted by atomic mass is 16.5. The molecular formula is C23H37N5O3. The van der Waals surface area contributed by atoms with E-state index >= 15 is 0 Å². The number of ether oxygens (including phenoxy) is 1. The summed E-state index contributed by atoms with van der Waals surface area (Å²) in [4.78, 5) is 10.8. The molecule has 1 atom stereocenters. The van der Waals surface area contributed by atoms with E-state index in [0.717, 1.165) is 42.6 Å². The lowest BCUT2D eigenvalue weighted by Gasteiger charge is -2.21. The molecular weight excluding hydrogens is 394 g/mol. The zero-order valence-corrected chi connectivity index (χ0v) is 19.2. The largest absolute Gasteiger partial charge is 0.508 e. The summed E-state index contributed by atoms with van der Waals surface area (Å²) in [6.45, 7) is 5.64. The second kappa shape index (κ2) is 12.3. The van der Waals surface area contributed by atoms with Crippen molar-refractivity contribution in [3.05, 3.63) is 35.0 Å². The molecule has 1 aromatic heterocycles. The van der Waals surface area contributed by atoms with E-state index in [-0.39, 0.29) is 24.3 Å². The van der Waals surface area contributed by atoms with E-state index in [1.165, 1.54) is 0 Å². The highest BCUT2D eigenvalue weighted by Crippen LogP contribution is 2.29. The van der Waals surface area contributed by atoms with Crippen molar-refractivity contribution in [1.29, 1.82) is 0 Å². The van der Waals surface area contributed by atoms with Crippen LogP contribution in [0.3, 0.4) is 0 Å². The Hall–Kier alpha value is -2.58. The minimum atomic E-state index is 0.0917. The summed E-state index contributed by atoms with van der Waals surface area (Å²) in [7, 11) is 4.06. The van der Waals surface area contributed by atoms with Crippen molar-refractivity contribution in [2.24, 2.45) is 0 Å². The summed E-state index contributed by atoms with van der Waals surface area (Å²) in [5.41, 5.74) is 8.29. The number of aliphatic hydroxyl groups excluding tert-OH is 1. The first-order valence-corrected chi connectivity index (χ1v) is 10.9. The second-order valence-electron chi connectivity index (χ2n) is 8.11. The van der Waals surface area contributed by atoms with Crippen molar-refractivity contribution in [3.63, 3.8) is 0 Å². The summed E-state index contributed by atoms with van der Waals surface area (Å²) in [5.74, 6) is 1.68. The standard InChI is InChI=1S/C23H37N5O3/c1-5-7-18(10-12-29)26-22-20(16(2)25-23(24)27-22)14-17-8-9-19(15-21(17)30)31-13-6-11-28(3)4/h8-9,15,18,29-30H,5-7,10-14H2,1-4H3,(H3,24,25,26,27). The van der Waals surface area contributed by atoms with Crippen LogP contribution in [0.15, 0.2) is 18.2 Å². The van der Waals surface area contributed by atoms with E-state index in [9.17, 15) is 10.2 Å². The zero-order chi connectivity index (χ0) is 22.8. The first-order valence-electron chi connectivity index (χ1n) is 10.9. The van der Waals surface area contributed by atoms with E-state index in [4.69, 9.17) is 10.5 Å². The Morgan fingerprint density at radius 2 is 2.00 bits per heavy atom. The molecule has 5 N–H and O–H groups in total. The van der Waals surface area contributed by atoms with Gasteiger partial charge in [-0.3, -0.25) is 0 Å². The molecule has 1 unspecified atom stereocenters. The Kier molecular flexibility index (Phi) is 9.81. The van der Waals surface area contributed by atoms with Gasteiger partial charge in [-0.2, -0.15) is 4.98 Å². The number of aliphatic hydroxyl groups is 1. The van der Waals surface area contributed by atoms with Gasteiger partial charge in [0.05, 0.1) is 6.61 Å². The number of hydrogen-bond donors (Lipinski definition) is 4. The third-order valence-electron chi connectivity index (χ3n) is 5.13. The van der Waals surface area contributed by atoms with Crippen LogP contribution in [0.25, 0.3) is 0 Å². The van der Waals surface area contributed by atoms with Crippen LogP contribution in [-0.2, 0) is 6.42 Å². The Morgan fingerprint density at radius 1 is 1.23 bits per heavy atom. The maximum absolute atomic E-state index is 10.6. The van der Waals surface area contributed by atoms with Crippen molar-refractivity contribution in [1.82, 2.24) is 14.9 Å². The number of rotatable bonds is 13. The van der Waals surface area contributed by atoms with Crippen molar-refractivity contribution in [2.75, 3.05) is 44.9 Å². The summed E-state index contributed by atoms with van der Waals surface area (Å²) < 4.78 is 5.75. The number of phenols is 1. The minimum absolute atomic E-state index is 0.0917. The lowest BCUT2D eigenvalue weighted by Crippen LogP contribution is -2.23. The topological polar surface area (TPSA) is 117 Å². The lowest BCUT2D eigenvalue weighted by atomic mass is 10.0. The molecule has 0 bridgehead atoms. The van der Waals surface area contributed by atoms with Crippen molar-refractivity contribution in [2.45, 2.75) is 52.0 Å². The molecule has 8 nitrogen and oxygen atoms in total. The third kappa shape index (κ3) is 7.88. The number of anilines is 2. The van der Waals surface area contributed by atoms with Crippen LogP contribution in [0, 0.1) is 6.92 Å². The molecule has 1 aromatic carbocycles. The number of nitrogen functional groups attached to an aromatic ring is 1. The Balaban J connectivity index is 2.17. The molecule has 31 heavy (non-hydrogen) atoms.